The predicted octanol–water partition coefficient (Wildman–Crippen LogP) is 3.79. The number of nitrogens with zero attached hydrogens (tertiary/aromatic N) is 4. The molecule has 0 bridgehead atoms. The molecule has 0 aliphatic carbocycles. The van der Waals surface area contributed by atoms with Gasteiger partial charge in [0.1, 0.15) is 0 Å². The van der Waals surface area contributed by atoms with Crippen molar-refractivity contribution < 1.29 is 4.92 Å². The Kier molecular flexibility index (Phi) is 4.48. The third-order valence-electron chi connectivity index (χ3n) is 4.99. The van der Waals surface area contributed by atoms with Crippen molar-refractivity contribution in [3.05, 3.63) is 64.8 Å². The summed E-state index contributed by atoms with van der Waals surface area (Å²) in [6.07, 6.45) is 3.41. The highest BCUT2D eigenvalue weighted by Gasteiger charge is 2.24. The van der Waals surface area contributed by atoms with Gasteiger partial charge in [0.2, 0.25) is 12.5 Å². The van der Waals surface area contributed by atoms with Crippen LogP contribution in [-0.2, 0) is 0 Å². The maximum atomic E-state index is 10.7. The van der Waals surface area contributed by atoms with E-state index in [1.54, 1.807) is 6.20 Å². The lowest BCUT2D eigenvalue weighted by Crippen LogP contribution is -2.36. The molecule has 2 aromatic carbocycles. The molecule has 26 heavy (non-hydrogen) atoms. The molecule has 1 saturated heterocycles. The number of aromatic nitrogens is 2. The van der Waals surface area contributed by atoms with Gasteiger partial charge in [0.25, 0.3) is 0 Å². The molecule has 0 saturated carbocycles. The molecule has 4 rings (SSSR count). The van der Waals surface area contributed by atoms with Crippen molar-refractivity contribution in [2.75, 3.05) is 24.5 Å². The van der Waals surface area contributed by atoms with Gasteiger partial charge in [0, 0.05) is 35.7 Å². The average Bonchev–Trinajstić information content (AvgIpc) is 2.68. The lowest BCUT2D eigenvalue weighted by atomic mass is 9.97. The summed E-state index contributed by atoms with van der Waals surface area (Å²) in [5, 5.41) is 13.1. The molecule has 6 nitrogen and oxygen atoms in total. The van der Waals surface area contributed by atoms with Gasteiger partial charge in [-0.1, -0.05) is 36.4 Å². The van der Waals surface area contributed by atoms with Crippen LogP contribution in [0.25, 0.3) is 22.0 Å². The molecule has 0 amide bonds. The minimum Gasteiger partial charge on any atom is -0.341 e. The Labute approximate surface area is 151 Å². The largest absolute Gasteiger partial charge is 0.341 e. The zero-order valence-electron chi connectivity index (χ0n) is 14.4. The van der Waals surface area contributed by atoms with Crippen molar-refractivity contribution in [2.24, 2.45) is 5.92 Å². The van der Waals surface area contributed by atoms with Crippen LogP contribution in [0.15, 0.2) is 54.7 Å². The van der Waals surface area contributed by atoms with E-state index in [1.165, 1.54) is 10.8 Å². The number of hydrogen-bond acceptors (Lipinski definition) is 5. The first-order chi connectivity index (χ1) is 12.7. The van der Waals surface area contributed by atoms with E-state index in [0.717, 1.165) is 37.2 Å². The fourth-order valence-corrected chi connectivity index (χ4v) is 3.54. The number of piperidine rings is 1. The molecule has 0 N–H and O–H groups in total. The molecule has 1 aliphatic heterocycles. The van der Waals surface area contributed by atoms with Crippen LogP contribution in [0.5, 0.6) is 0 Å². The smallest absolute Gasteiger partial charge is 0.225 e. The van der Waals surface area contributed by atoms with Crippen LogP contribution in [0, 0.1) is 16.0 Å². The van der Waals surface area contributed by atoms with E-state index in [0.29, 0.717) is 5.95 Å². The Morgan fingerprint density at radius 2 is 1.85 bits per heavy atom. The van der Waals surface area contributed by atoms with Gasteiger partial charge in [0.15, 0.2) is 0 Å². The van der Waals surface area contributed by atoms with E-state index < -0.39 is 0 Å². The van der Waals surface area contributed by atoms with Crippen molar-refractivity contribution in [2.45, 2.75) is 12.8 Å². The topological polar surface area (TPSA) is 72.2 Å². The van der Waals surface area contributed by atoms with Gasteiger partial charge in [0.05, 0.1) is 5.69 Å². The Morgan fingerprint density at radius 3 is 2.62 bits per heavy atom. The van der Waals surface area contributed by atoms with Gasteiger partial charge >= 0.3 is 0 Å². The molecule has 0 radical (unpaired) electrons. The number of fused-ring (bicyclic) bond motifs is 1. The van der Waals surface area contributed by atoms with Crippen LogP contribution in [0.1, 0.15) is 12.8 Å². The summed E-state index contributed by atoms with van der Waals surface area (Å²) in [6, 6.07) is 16.5. The lowest BCUT2D eigenvalue weighted by Gasteiger charge is -2.30. The Hall–Kier alpha value is -3.02. The summed E-state index contributed by atoms with van der Waals surface area (Å²) in [7, 11) is 0. The molecule has 132 valence electrons. The summed E-state index contributed by atoms with van der Waals surface area (Å²) in [6.45, 7) is 1.59. The quantitative estimate of drug-likeness (QED) is 0.530. The minimum absolute atomic E-state index is 0.0613. The first-order valence-electron chi connectivity index (χ1n) is 8.88. The second kappa shape index (κ2) is 7.07. The zero-order chi connectivity index (χ0) is 17.9. The second-order valence-corrected chi connectivity index (χ2v) is 6.75. The molecular formula is C20H20N4O2. The van der Waals surface area contributed by atoms with Gasteiger partial charge < -0.3 is 4.90 Å². The normalized spacial score (nSPS) is 15.3. The van der Waals surface area contributed by atoms with Crippen LogP contribution < -0.4 is 4.90 Å². The maximum Gasteiger partial charge on any atom is 0.225 e. The number of hydrogen-bond donors (Lipinski definition) is 0. The molecule has 0 spiro atoms. The lowest BCUT2D eigenvalue weighted by molar-refractivity contribution is -0.488. The third-order valence-corrected chi connectivity index (χ3v) is 4.99. The Morgan fingerprint density at radius 1 is 1.08 bits per heavy atom. The molecular weight excluding hydrogens is 328 g/mol. The fraction of sp³-hybridized carbons (Fsp3) is 0.300. The monoisotopic (exact) mass is 348 g/mol. The van der Waals surface area contributed by atoms with Crippen molar-refractivity contribution in [3.8, 4) is 11.3 Å². The highest BCUT2D eigenvalue weighted by molar-refractivity contribution is 5.86. The van der Waals surface area contributed by atoms with Gasteiger partial charge in [-0.2, -0.15) is 0 Å². The van der Waals surface area contributed by atoms with Gasteiger partial charge in [-0.3, -0.25) is 10.1 Å². The molecule has 6 heteroatoms. The number of nitro groups is 1. The molecule has 0 atom stereocenters. The van der Waals surface area contributed by atoms with E-state index in [1.807, 2.05) is 18.2 Å². The molecule has 1 fully saturated rings. The number of benzene rings is 2. The molecule has 3 aromatic rings. The Balaban J connectivity index is 1.54. The standard InChI is InChI=1S/C20H20N4O2/c25-24(26)14-15-8-11-23(12-9-15)20-21-10-7-19(22-20)18-6-5-16-3-1-2-4-17(16)13-18/h1-7,10,13,15H,8-9,11-12,14H2. The van der Waals surface area contributed by atoms with Crippen molar-refractivity contribution in [1.29, 1.82) is 0 Å². The van der Waals surface area contributed by atoms with E-state index in [4.69, 9.17) is 4.98 Å². The molecule has 0 unspecified atom stereocenters. The van der Waals surface area contributed by atoms with Crippen molar-refractivity contribution in [1.82, 2.24) is 9.97 Å². The Bertz CT molecular complexity index is 936. The summed E-state index contributed by atoms with van der Waals surface area (Å²) in [4.78, 5) is 21.8. The first-order valence-corrected chi connectivity index (χ1v) is 8.88. The molecule has 1 aliphatic rings. The van der Waals surface area contributed by atoms with E-state index >= 15 is 0 Å². The number of rotatable bonds is 4. The highest BCUT2D eigenvalue weighted by atomic mass is 16.6. The summed E-state index contributed by atoms with van der Waals surface area (Å²) < 4.78 is 0. The van der Waals surface area contributed by atoms with Crippen LogP contribution in [0.2, 0.25) is 0 Å². The van der Waals surface area contributed by atoms with Crippen molar-refractivity contribution >= 4 is 16.7 Å². The van der Waals surface area contributed by atoms with Crippen LogP contribution in [0.4, 0.5) is 5.95 Å². The van der Waals surface area contributed by atoms with Crippen LogP contribution in [-0.4, -0.2) is 34.5 Å². The fourth-order valence-electron chi connectivity index (χ4n) is 3.54. The SMILES string of the molecule is O=[N+]([O-])CC1CCN(c2nccc(-c3ccc4ccccc4c3)n2)CC1. The van der Waals surface area contributed by atoms with Gasteiger partial charge in [-0.05, 0) is 35.7 Å². The zero-order valence-corrected chi connectivity index (χ0v) is 14.4. The van der Waals surface area contributed by atoms with E-state index in [-0.39, 0.29) is 17.4 Å². The highest BCUT2D eigenvalue weighted by Crippen LogP contribution is 2.26. The summed E-state index contributed by atoms with van der Waals surface area (Å²) in [5.41, 5.74) is 1.96. The summed E-state index contributed by atoms with van der Waals surface area (Å²) in [5.74, 6) is 0.861. The molecule has 2 heterocycles. The predicted molar refractivity (Wildman–Crippen MR) is 102 cm³/mol. The number of anilines is 1. The van der Waals surface area contributed by atoms with Gasteiger partial charge in [-0.15, -0.1) is 0 Å². The summed E-state index contributed by atoms with van der Waals surface area (Å²) >= 11 is 0. The first kappa shape index (κ1) is 16.4. The second-order valence-electron chi connectivity index (χ2n) is 6.75. The third kappa shape index (κ3) is 3.49. The minimum atomic E-state index is -0.211. The maximum absolute atomic E-state index is 10.7. The van der Waals surface area contributed by atoms with Crippen LogP contribution in [0.3, 0.4) is 0 Å². The molecule has 1 aromatic heterocycles. The van der Waals surface area contributed by atoms with Crippen molar-refractivity contribution in [3.63, 3.8) is 0 Å². The van der Waals surface area contributed by atoms with Gasteiger partial charge in [-0.25, -0.2) is 9.97 Å². The van der Waals surface area contributed by atoms with Crippen LogP contribution >= 0.6 is 0 Å². The van der Waals surface area contributed by atoms with E-state index in [2.05, 4.69) is 40.2 Å². The van der Waals surface area contributed by atoms with E-state index in [9.17, 15) is 10.1 Å². The average molecular weight is 348 g/mol.